The summed E-state index contributed by atoms with van der Waals surface area (Å²) in [6.45, 7) is 3.36. The van der Waals surface area contributed by atoms with Gasteiger partial charge in [0.2, 0.25) is 0 Å². The molecule has 19 heavy (non-hydrogen) atoms. The smallest absolute Gasteiger partial charge is 0.325 e. The van der Waals surface area contributed by atoms with Crippen LogP contribution < -0.4 is 5.32 Å². The van der Waals surface area contributed by atoms with Crippen molar-refractivity contribution in [2.45, 2.75) is 44.8 Å². The minimum atomic E-state index is -1.08. The van der Waals surface area contributed by atoms with Gasteiger partial charge in [-0.05, 0) is 24.7 Å². The van der Waals surface area contributed by atoms with Crippen LogP contribution in [0.2, 0.25) is 0 Å². The van der Waals surface area contributed by atoms with Crippen LogP contribution in [0.1, 0.15) is 33.1 Å². The summed E-state index contributed by atoms with van der Waals surface area (Å²) in [6.07, 6.45) is 1.80. The van der Waals surface area contributed by atoms with E-state index in [1.165, 1.54) is 0 Å². The molecule has 2 aliphatic rings. The van der Waals surface area contributed by atoms with Crippen LogP contribution in [0, 0.1) is 11.8 Å². The van der Waals surface area contributed by atoms with Crippen LogP contribution in [0.5, 0.6) is 0 Å². The molecule has 3 atom stereocenters. The average molecular weight is 270 g/mol. The molecule has 3 unspecified atom stereocenters. The summed E-state index contributed by atoms with van der Waals surface area (Å²) in [5, 5.41) is 21.1. The molecule has 0 radical (unpaired) electrons. The Kier molecular flexibility index (Phi) is 3.82. The minimum absolute atomic E-state index is 0.0870. The van der Waals surface area contributed by atoms with Gasteiger partial charge in [0, 0.05) is 0 Å². The number of amides is 3. The van der Waals surface area contributed by atoms with Gasteiger partial charge in [0.25, 0.3) is 5.91 Å². The predicted octanol–water partition coefficient (Wildman–Crippen LogP) is 0.0863. The van der Waals surface area contributed by atoms with E-state index in [1.807, 2.05) is 13.8 Å². The van der Waals surface area contributed by atoms with Gasteiger partial charge in [-0.1, -0.05) is 20.3 Å². The lowest BCUT2D eigenvalue weighted by Gasteiger charge is -2.42. The van der Waals surface area contributed by atoms with Crippen LogP contribution in [0.4, 0.5) is 4.79 Å². The fraction of sp³-hybridized carbons (Fsp3) is 0.846. The van der Waals surface area contributed by atoms with Gasteiger partial charge in [0.1, 0.15) is 5.54 Å². The van der Waals surface area contributed by atoms with E-state index in [1.54, 1.807) is 0 Å². The number of carbonyl (C=O) groups excluding carboxylic acids is 2. The number of hydrogen-bond acceptors (Lipinski definition) is 4. The number of hydrogen-bond donors (Lipinski definition) is 3. The molecule has 0 aromatic rings. The van der Waals surface area contributed by atoms with Gasteiger partial charge in [-0.2, -0.15) is 0 Å². The van der Waals surface area contributed by atoms with Crippen molar-refractivity contribution in [3.63, 3.8) is 0 Å². The second kappa shape index (κ2) is 5.09. The highest BCUT2D eigenvalue weighted by Crippen LogP contribution is 2.42. The number of imide groups is 1. The Balaban J connectivity index is 2.25. The highest BCUT2D eigenvalue weighted by molar-refractivity contribution is 6.07. The lowest BCUT2D eigenvalue weighted by atomic mass is 9.67. The normalized spacial score (nSPS) is 36.7. The van der Waals surface area contributed by atoms with E-state index in [-0.39, 0.29) is 24.3 Å². The Morgan fingerprint density at radius 3 is 2.47 bits per heavy atom. The number of aliphatic hydroxyl groups excluding tert-OH is 2. The fourth-order valence-corrected chi connectivity index (χ4v) is 3.39. The van der Waals surface area contributed by atoms with E-state index in [9.17, 15) is 14.7 Å². The molecule has 0 bridgehead atoms. The van der Waals surface area contributed by atoms with Crippen molar-refractivity contribution in [1.82, 2.24) is 10.2 Å². The molecule has 1 saturated heterocycles. The second-order valence-corrected chi connectivity index (χ2v) is 5.78. The Hall–Kier alpha value is -1.14. The highest BCUT2D eigenvalue weighted by atomic mass is 16.3. The first kappa shape index (κ1) is 14.3. The third-order valence-electron chi connectivity index (χ3n) is 4.59. The van der Waals surface area contributed by atoms with Crippen LogP contribution in [0.25, 0.3) is 0 Å². The largest absolute Gasteiger partial charge is 0.394 e. The Morgan fingerprint density at radius 2 is 1.95 bits per heavy atom. The third-order valence-corrected chi connectivity index (χ3v) is 4.59. The van der Waals surface area contributed by atoms with Gasteiger partial charge in [0.15, 0.2) is 0 Å². The molecule has 3 N–H and O–H groups in total. The quantitative estimate of drug-likeness (QED) is 0.634. The number of aliphatic hydroxyl groups is 2. The van der Waals surface area contributed by atoms with E-state index >= 15 is 0 Å². The molecule has 0 aromatic heterocycles. The third kappa shape index (κ3) is 2.12. The topological polar surface area (TPSA) is 89.9 Å². The van der Waals surface area contributed by atoms with Gasteiger partial charge >= 0.3 is 6.03 Å². The van der Waals surface area contributed by atoms with Gasteiger partial charge in [0.05, 0.1) is 19.3 Å². The first-order chi connectivity index (χ1) is 8.93. The van der Waals surface area contributed by atoms with Crippen molar-refractivity contribution in [3.8, 4) is 0 Å². The molecule has 0 aromatic carbocycles. The van der Waals surface area contributed by atoms with Gasteiger partial charge in [-0.15, -0.1) is 0 Å². The molecule has 2 fully saturated rings. The number of β-amino-alcohol motifs (C(OH)–C–C–N with tert-alkyl or cyclic N) is 1. The zero-order valence-electron chi connectivity index (χ0n) is 11.4. The van der Waals surface area contributed by atoms with Crippen LogP contribution in [-0.2, 0) is 4.79 Å². The molecular formula is C13H22N2O4. The molecule has 6 nitrogen and oxygen atoms in total. The van der Waals surface area contributed by atoms with Crippen molar-refractivity contribution in [1.29, 1.82) is 0 Å². The number of rotatable bonds is 3. The van der Waals surface area contributed by atoms with Crippen molar-refractivity contribution in [3.05, 3.63) is 0 Å². The SMILES string of the molecule is CC1CCCC(C)C12NC(=O)N(CC(O)CO)C2=O. The minimum Gasteiger partial charge on any atom is -0.394 e. The molecule has 6 heteroatoms. The summed E-state index contributed by atoms with van der Waals surface area (Å²) in [5.41, 5.74) is -0.829. The molecule has 3 amide bonds. The van der Waals surface area contributed by atoms with Crippen LogP contribution in [-0.4, -0.2) is 51.8 Å². The average Bonchev–Trinajstić information content (AvgIpc) is 2.62. The highest BCUT2D eigenvalue weighted by Gasteiger charge is 2.58. The monoisotopic (exact) mass is 270 g/mol. The molecule has 108 valence electrons. The van der Waals surface area contributed by atoms with Gasteiger partial charge in [-0.3, -0.25) is 9.69 Å². The number of carbonyl (C=O) groups is 2. The van der Waals surface area contributed by atoms with Crippen molar-refractivity contribution in [2.75, 3.05) is 13.2 Å². The molecule has 1 saturated carbocycles. The van der Waals surface area contributed by atoms with Gasteiger partial charge in [-0.25, -0.2) is 4.79 Å². The predicted molar refractivity (Wildman–Crippen MR) is 68.2 cm³/mol. The molecule has 1 aliphatic carbocycles. The summed E-state index contributed by atoms with van der Waals surface area (Å²) in [6, 6.07) is -0.460. The number of nitrogens with zero attached hydrogens (tertiary/aromatic N) is 1. The van der Waals surface area contributed by atoms with E-state index in [4.69, 9.17) is 5.11 Å². The van der Waals surface area contributed by atoms with Crippen molar-refractivity contribution >= 4 is 11.9 Å². The summed E-state index contributed by atoms with van der Waals surface area (Å²) in [7, 11) is 0. The first-order valence-corrected chi connectivity index (χ1v) is 6.86. The summed E-state index contributed by atoms with van der Waals surface area (Å²) >= 11 is 0. The van der Waals surface area contributed by atoms with Crippen molar-refractivity contribution < 1.29 is 19.8 Å². The van der Waals surface area contributed by atoms with Crippen LogP contribution in [0.15, 0.2) is 0 Å². The van der Waals surface area contributed by atoms with Gasteiger partial charge < -0.3 is 15.5 Å². The van der Waals surface area contributed by atoms with E-state index in [0.29, 0.717) is 0 Å². The van der Waals surface area contributed by atoms with E-state index in [2.05, 4.69) is 5.32 Å². The molecule has 1 spiro atoms. The molecule has 1 aliphatic heterocycles. The molecule has 1 heterocycles. The lowest BCUT2D eigenvalue weighted by Crippen LogP contribution is -2.59. The Morgan fingerprint density at radius 1 is 1.37 bits per heavy atom. The maximum atomic E-state index is 12.6. The zero-order chi connectivity index (χ0) is 14.2. The summed E-state index contributed by atoms with van der Waals surface area (Å²) in [5.74, 6) is -0.0855. The zero-order valence-corrected chi connectivity index (χ0v) is 11.4. The second-order valence-electron chi connectivity index (χ2n) is 5.78. The maximum absolute atomic E-state index is 12.6. The maximum Gasteiger partial charge on any atom is 0.325 e. The fourth-order valence-electron chi connectivity index (χ4n) is 3.39. The van der Waals surface area contributed by atoms with Crippen LogP contribution in [0.3, 0.4) is 0 Å². The summed E-state index contributed by atoms with van der Waals surface area (Å²) in [4.78, 5) is 25.7. The Labute approximate surface area is 112 Å². The number of nitrogens with one attached hydrogen (secondary N) is 1. The van der Waals surface area contributed by atoms with Crippen LogP contribution >= 0.6 is 0 Å². The first-order valence-electron chi connectivity index (χ1n) is 6.86. The Bertz CT molecular complexity index is 375. The van der Waals surface area contributed by atoms with E-state index in [0.717, 1.165) is 24.2 Å². The summed E-state index contributed by atoms with van der Waals surface area (Å²) < 4.78 is 0. The lowest BCUT2D eigenvalue weighted by molar-refractivity contribution is -0.137. The van der Waals surface area contributed by atoms with Crippen molar-refractivity contribution in [2.24, 2.45) is 11.8 Å². The number of urea groups is 1. The molecule has 2 rings (SSSR count). The molecular weight excluding hydrogens is 248 g/mol. The standard InChI is InChI=1S/C13H22N2O4/c1-8-4-3-5-9(2)13(8)11(18)15(12(19)14-13)6-10(17)7-16/h8-10,16-17H,3-7H2,1-2H3,(H,14,19). The van der Waals surface area contributed by atoms with E-state index < -0.39 is 24.3 Å².